The van der Waals surface area contributed by atoms with Gasteiger partial charge in [0.15, 0.2) is 0 Å². The highest BCUT2D eigenvalue weighted by Gasteiger charge is 2.28. The smallest absolute Gasteiger partial charge is 0.323 e. The summed E-state index contributed by atoms with van der Waals surface area (Å²) in [4.78, 5) is 30.0. The van der Waals surface area contributed by atoms with Crippen molar-refractivity contribution in [2.75, 3.05) is 13.1 Å². The number of hydrogen-bond acceptors (Lipinski definition) is 2. The average molecular weight is 246 g/mol. The number of amides is 2. The zero-order chi connectivity index (χ0) is 12.7. The highest BCUT2D eigenvalue weighted by molar-refractivity contribution is 5.79. The molecule has 1 saturated heterocycles. The highest BCUT2D eigenvalue weighted by Crippen LogP contribution is 2.22. The Morgan fingerprint density at radius 1 is 1.28 bits per heavy atom. The third-order valence-corrected chi connectivity index (χ3v) is 3.31. The minimum atomic E-state index is -0.215. The second-order valence-electron chi connectivity index (χ2n) is 4.42. The van der Waals surface area contributed by atoms with Gasteiger partial charge in [-0.2, -0.15) is 0 Å². The summed E-state index contributed by atoms with van der Waals surface area (Å²) in [5.41, 5.74) is 2.33. The first kappa shape index (κ1) is 10.9. The number of aromatic amines is 2. The number of urea groups is 1. The maximum atomic E-state index is 11.6. The lowest BCUT2D eigenvalue weighted by Gasteiger charge is -2.11. The monoisotopic (exact) mass is 246 g/mol. The Morgan fingerprint density at radius 3 is 2.78 bits per heavy atom. The van der Waals surface area contributed by atoms with Gasteiger partial charge in [0.25, 0.3) is 0 Å². The van der Waals surface area contributed by atoms with Crippen LogP contribution in [0, 0.1) is 0 Å². The molecule has 6 nitrogen and oxygen atoms in total. The maximum Gasteiger partial charge on any atom is 0.323 e. The zero-order valence-corrected chi connectivity index (χ0v) is 9.99. The van der Waals surface area contributed by atoms with E-state index < -0.39 is 0 Å². The van der Waals surface area contributed by atoms with Crippen LogP contribution in [0.5, 0.6) is 0 Å². The minimum absolute atomic E-state index is 0.0137. The third-order valence-electron chi connectivity index (χ3n) is 3.31. The number of aromatic nitrogens is 2. The van der Waals surface area contributed by atoms with E-state index in [0.29, 0.717) is 13.1 Å². The fraction of sp³-hybridized carbons (Fsp3) is 0.333. The Morgan fingerprint density at radius 2 is 2.06 bits per heavy atom. The first-order valence-electron chi connectivity index (χ1n) is 5.95. The number of benzene rings is 1. The van der Waals surface area contributed by atoms with Crippen LogP contribution < -0.4 is 11.0 Å². The van der Waals surface area contributed by atoms with Gasteiger partial charge < -0.3 is 20.2 Å². The molecule has 94 valence electrons. The van der Waals surface area contributed by atoms with Gasteiger partial charge in [0.05, 0.1) is 17.1 Å². The van der Waals surface area contributed by atoms with Gasteiger partial charge in [-0.25, -0.2) is 9.59 Å². The molecule has 1 aliphatic rings. The van der Waals surface area contributed by atoms with Crippen molar-refractivity contribution in [1.82, 2.24) is 20.2 Å². The second-order valence-corrected chi connectivity index (χ2v) is 4.42. The summed E-state index contributed by atoms with van der Waals surface area (Å²) in [5.74, 6) is 0. The van der Waals surface area contributed by atoms with Crippen LogP contribution in [0.4, 0.5) is 4.79 Å². The van der Waals surface area contributed by atoms with Crippen molar-refractivity contribution in [3.63, 3.8) is 0 Å². The van der Waals surface area contributed by atoms with Crippen molar-refractivity contribution in [3.8, 4) is 0 Å². The van der Waals surface area contributed by atoms with Crippen LogP contribution in [0.25, 0.3) is 11.0 Å². The summed E-state index contributed by atoms with van der Waals surface area (Å²) < 4.78 is 0. The molecule has 1 fully saturated rings. The Balaban J connectivity index is 1.95. The average Bonchev–Trinajstić information content (AvgIpc) is 2.89. The molecule has 0 radical (unpaired) electrons. The van der Waals surface area contributed by atoms with Gasteiger partial charge in [0, 0.05) is 13.1 Å². The highest BCUT2D eigenvalue weighted by atomic mass is 16.2. The molecule has 2 heterocycles. The van der Waals surface area contributed by atoms with Crippen molar-refractivity contribution < 1.29 is 4.79 Å². The lowest BCUT2D eigenvalue weighted by Crippen LogP contribution is -2.27. The first-order valence-corrected chi connectivity index (χ1v) is 5.95. The van der Waals surface area contributed by atoms with Crippen LogP contribution in [0.15, 0.2) is 23.0 Å². The molecule has 2 aromatic rings. The molecule has 1 aliphatic heterocycles. The van der Waals surface area contributed by atoms with Crippen LogP contribution >= 0.6 is 0 Å². The molecule has 1 aromatic heterocycles. The molecule has 0 bridgehead atoms. The Kier molecular flexibility index (Phi) is 2.36. The minimum Gasteiger partial charge on any atom is -0.329 e. The lowest BCUT2D eigenvalue weighted by molar-refractivity contribution is 0.219. The summed E-state index contributed by atoms with van der Waals surface area (Å²) in [6, 6.07) is 5.63. The number of H-pyrrole nitrogens is 2. The van der Waals surface area contributed by atoms with Gasteiger partial charge in [0.1, 0.15) is 0 Å². The molecule has 2 amide bonds. The number of carbonyl (C=O) groups is 1. The van der Waals surface area contributed by atoms with E-state index in [9.17, 15) is 9.59 Å². The van der Waals surface area contributed by atoms with Gasteiger partial charge in [-0.1, -0.05) is 6.07 Å². The molecule has 18 heavy (non-hydrogen) atoms. The molecule has 6 heteroatoms. The van der Waals surface area contributed by atoms with Gasteiger partial charge in [-0.05, 0) is 24.6 Å². The predicted octanol–water partition coefficient (Wildman–Crippen LogP) is 0.942. The summed E-state index contributed by atoms with van der Waals surface area (Å²) >= 11 is 0. The third kappa shape index (κ3) is 1.66. The number of rotatable bonds is 2. The van der Waals surface area contributed by atoms with E-state index in [1.807, 2.05) is 25.1 Å². The fourth-order valence-electron chi connectivity index (χ4n) is 2.32. The van der Waals surface area contributed by atoms with E-state index in [4.69, 9.17) is 0 Å². The van der Waals surface area contributed by atoms with Crippen LogP contribution in [0.1, 0.15) is 18.5 Å². The SMILES string of the molecule is CCN1CC(c2ccc3[nH]c(=O)[nH]c3c2)NC1=O. The number of carbonyl (C=O) groups excluding carboxylic acids is 1. The van der Waals surface area contributed by atoms with Gasteiger partial charge >= 0.3 is 11.7 Å². The van der Waals surface area contributed by atoms with Crippen molar-refractivity contribution in [3.05, 3.63) is 34.2 Å². The van der Waals surface area contributed by atoms with Gasteiger partial charge in [-0.15, -0.1) is 0 Å². The van der Waals surface area contributed by atoms with Crippen LogP contribution in [-0.4, -0.2) is 34.0 Å². The quantitative estimate of drug-likeness (QED) is 0.737. The zero-order valence-electron chi connectivity index (χ0n) is 9.99. The van der Waals surface area contributed by atoms with Crippen LogP contribution in [0.3, 0.4) is 0 Å². The Hall–Kier alpha value is -2.24. The second kappa shape index (κ2) is 3.90. The van der Waals surface area contributed by atoms with Crippen molar-refractivity contribution >= 4 is 17.1 Å². The van der Waals surface area contributed by atoms with E-state index in [1.54, 1.807) is 4.90 Å². The number of likely N-dealkylation sites (N-methyl/N-ethyl adjacent to an activating group) is 1. The molecule has 3 N–H and O–H groups in total. The van der Waals surface area contributed by atoms with Crippen LogP contribution in [-0.2, 0) is 0 Å². The molecule has 0 spiro atoms. The number of imidazole rings is 1. The lowest BCUT2D eigenvalue weighted by atomic mass is 10.1. The summed E-state index contributed by atoms with van der Waals surface area (Å²) in [6.07, 6.45) is 0. The molecule has 0 aliphatic carbocycles. The van der Waals surface area contributed by atoms with Crippen molar-refractivity contribution in [2.24, 2.45) is 0 Å². The van der Waals surface area contributed by atoms with E-state index in [2.05, 4.69) is 15.3 Å². The summed E-state index contributed by atoms with van der Waals surface area (Å²) in [6.45, 7) is 3.32. The van der Waals surface area contributed by atoms with E-state index >= 15 is 0 Å². The topological polar surface area (TPSA) is 81.0 Å². The molecule has 1 atom stereocenters. The number of fused-ring (bicyclic) bond motifs is 1. The fourth-order valence-corrected chi connectivity index (χ4v) is 2.32. The molecular weight excluding hydrogens is 232 g/mol. The molecule has 0 saturated carbocycles. The largest absolute Gasteiger partial charge is 0.329 e. The summed E-state index contributed by atoms with van der Waals surface area (Å²) in [5, 5.41) is 2.93. The van der Waals surface area contributed by atoms with Gasteiger partial charge in [-0.3, -0.25) is 0 Å². The Bertz CT molecular complexity index is 657. The number of nitrogens with zero attached hydrogens (tertiary/aromatic N) is 1. The maximum absolute atomic E-state index is 11.6. The molecular formula is C12H14N4O2. The first-order chi connectivity index (χ1) is 8.67. The summed E-state index contributed by atoms with van der Waals surface area (Å²) in [7, 11) is 0. The number of hydrogen-bond donors (Lipinski definition) is 3. The number of nitrogens with one attached hydrogen (secondary N) is 3. The van der Waals surface area contributed by atoms with E-state index in [0.717, 1.165) is 16.6 Å². The molecule has 1 unspecified atom stereocenters. The Labute approximate surface area is 103 Å². The van der Waals surface area contributed by atoms with E-state index in [-0.39, 0.29) is 17.8 Å². The standard InChI is InChI=1S/C12H14N4O2/c1-2-16-6-10(15-12(16)18)7-3-4-8-9(5-7)14-11(17)13-8/h3-5,10H,2,6H2,1H3,(H,15,18)(H2,13,14,17). The van der Waals surface area contributed by atoms with E-state index in [1.165, 1.54) is 0 Å². The van der Waals surface area contributed by atoms with Crippen molar-refractivity contribution in [2.45, 2.75) is 13.0 Å². The van der Waals surface area contributed by atoms with Crippen molar-refractivity contribution in [1.29, 1.82) is 0 Å². The van der Waals surface area contributed by atoms with Gasteiger partial charge in [0.2, 0.25) is 0 Å². The van der Waals surface area contributed by atoms with Crippen LogP contribution in [0.2, 0.25) is 0 Å². The molecule has 3 rings (SSSR count). The normalized spacial score (nSPS) is 19.5. The predicted molar refractivity (Wildman–Crippen MR) is 67.4 cm³/mol. The molecule has 1 aromatic carbocycles.